The van der Waals surface area contributed by atoms with E-state index >= 15 is 0 Å². The monoisotopic (exact) mass is 271 g/mol. The molecule has 1 aromatic carbocycles. The highest BCUT2D eigenvalue weighted by molar-refractivity contribution is 9.10. The Labute approximate surface area is 97.4 Å². The summed E-state index contributed by atoms with van der Waals surface area (Å²) < 4.78 is 0.533. The van der Waals surface area contributed by atoms with Crippen molar-refractivity contribution in [3.8, 4) is 5.75 Å². The molecule has 1 rings (SSSR count). The number of aromatic hydroxyl groups is 1. The lowest BCUT2D eigenvalue weighted by molar-refractivity contribution is 0.0998. The van der Waals surface area contributed by atoms with E-state index in [1.807, 2.05) is 19.9 Å². The van der Waals surface area contributed by atoms with Gasteiger partial charge in [-0.05, 0) is 39.5 Å². The van der Waals surface area contributed by atoms with Gasteiger partial charge in [-0.3, -0.25) is 4.79 Å². The Bertz CT molecular complexity index is 388. The molecule has 0 aliphatic heterocycles. The van der Waals surface area contributed by atoms with Crippen LogP contribution < -0.4 is 5.73 Å². The average molecular weight is 272 g/mol. The molecule has 4 heteroatoms. The first-order chi connectivity index (χ1) is 6.97. The van der Waals surface area contributed by atoms with Gasteiger partial charge >= 0.3 is 0 Å². The molecule has 3 nitrogen and oxygen atoms in total. The average Bonchev–Trinajstić information content (AvgIpc) is 2.20. The summed E-state index contributed by atoms with van der Waals surface area (Å²) in [5.74, 6) is 0.0109. The van der Waals surface area contributed by atoms with Crippen molar-refractivity contribution in [2.75, 3.05) is 6.54 Å². The first-order valence-corrected chi connectivity index (χ1v) is 5.52. The standard InChI is InChI=1S/C11H14BrNO2/c1-6(2)7-3-8(10(14)5-13)11(15)9(12)4-7/h3-4,6,15H,5,13H2,1-2H3. The fraction of sp³-hybridized carbons (Fsp3) is 0.364. The van der Waals surface area contributed by atoms with E-state index in [1.54, 1.807) is 6.07 Å². The second kappa shape index (κ2) is 4.77. The maximum Gasteiger partial charge on any atom is 0.180 e. The smallest absolute Gasteiger partial charge is 0.180 e. The zero-order chi connectivity index (χ0) is 11.6. The molecule has 0 heterocycles. The lowest BCUT2D eigenvalue weighted by Gasteiger charge is -2.10. The Kier molecular flexibility index (Phi) is 3.88. The maximum absolute atomic E-state index is 11.5. The molecule has 82 valence electrons. The number of Topliss-reactive ketones (excluding diaryl/α,β-unsaturated/α-hetero) is 1. The van der Waals surface area contributed by atoms with Gasteiger partial charge in [-0.2, -0.15) is 0 Å². The highest BCUT2D eigenvalue weighted by Crippen LogP contribution is 2.32. The summed E-state index contributed by atoms with van der Waals surface area (Å²) in [6.07, 6.45) is 0. The fourth-order valence-corrected chi connectivity index (χ4v) is 1.75. The molecule has 0 atom stereocenters. The predicted molar refractivity (Wildman–Crippen MR) is 63.3 cm³/mol. The van der Waals surface area contributed by atoms with E-state index in [1.165, 1.54) is 0 Å². The molecule has 0 radical (unpaired) electrons. The Morgan fingerprint density at radius 2 is 2.13 bits per heavy atom. The van der Waals surface area contributed by atoms with Crippen molar-refractivity contribution in [3.63, 3.8) is 0 Å². The molecule has 0 saturated heterocycles. The first kappa shape index (κ1) is 12.2. The zero-order valence-electron chi connectivity index (χ0n) is 8.75. The number of phenolic OH excluding ortho intramolecular Hbond substituents is 1. The molecule has 0 unspecified atom stereocenters. The van der Waals surface area contributed by atoms with Crippen LogP contribution in [0.15, 0.2) is 16.6 Å². The van der Waals surface area contributed by atoms with E-state index in [4.69, 9.17) is 5.73 Å². The Hall–Kier alpha value is -0.870. The summed E-state index contributed by atoms with van der Waals surface area (Å²) in [4.78, 5) is 11.5. The second-order valence-electron chi connectivity index (χ2n) is 3.68. The fourth-order valence-electron chi connectivity index (χ4n) is 1.28. The minimum absolute atomic E-state index is 0.0325. The number of carbonyl (C=O) groups is 1. The zero-order valence-corrected chi connectivity index (χ0v) is 10.3. The number of hydrogen-bond donors (Lipinski definition) is 2. The summed E-state index contributed by atoms with van der Waals surface area (Å²) in [5.41, 5.74) is 6.56. The van der Waals surface area contributed by atoms with Gasteiger partial charge in [-0.1, -0.05) is 13.8 Å². The third-order valence-corrected chi connectivity index (χ3v) is 2.84. The molecular weight excluding hydrogens is 258 g/mol. The Morgan fingerprint density at radius 1 is 1.53 bits per heavy atom. The van der Waals surface area contributed by atoms with E-state index in [2.05, 4.69) is 15.9 Å². The van der Waals surface area contributed by atoms with Gasteiger partial charge in [0.05, 0.1) is 16.6 Å². The quantitative estimate of drug-likeness (QED) is 0.830. The molecule has 3 N–H and O–H groups in total. The van der Waals surface area contributed by atoms with Gasteiger partial charge in [0.25, 0.3) is 0 Å². The summed E-state index contributed by atoms with van der Waals surface area (Å²) in [6, 6.07) is 3.51. The predicted octanol–water partition coefficient (Wildman–Crippen LogP) is 2.42. The third kappa shape index (κ3) is 2.58. The van der Waals surface area contributed by atoms with Crippen molar-refractivity contribution in [1.82, 2.24) is 0 Å². The van der Waals surface area contributed by atoms with Crippen LogP contribution in [0.4, 0.5) is 0 Å². The lowest BCUT2D eigenvalue weighted by atomic mass is 9.98. The summed E-state index contributed by atoms with van der Waals surface area (Å²) in [7, 11) is 0. The number of rotatable bonds is 3. The number of hydrogen-bond acceptors (Lipinski definition) is 3. The van der Waals surface area contributed by atoms with E-state index in [0.717, 1.165) is 5.56 Å². The van der Waals surface area contributed by atoms with Gasteiger partial charge in [0.15, 0.2) is 5.78 Å². The van der Waals surface area contributed by atoms with Crippen molar-refractivity contribution >= 4 is 21.7 Å². The number of ketones is 1. The topological polar surface area (TPSA) is 63.3 Å². The SMILES string of the molecule is CC(C)c1cc(Br)c(O)c(C(=O)CN)c1. The number of phenols is 1. The minimum atomic E-state index is -0.254. The van der Waals surface area contributed by atoms with Crippen LogP contribution in [0.2, 0.25) is 0 Å². The molecule has 0 saturated carbocycles. The minimum Gasteiger partial charge on any atom is -0.506 e. The molecular formula is C11H14BrNO2. The van der Waals surface area contributed by atoms with Gasteiger partial charge in [0.1, 0.15) is 5.75 Å². The van der Waals surface area contributed by atoms with Crippen LogP contribution in [0.25, 0.3) is 0 Å². The normalized spacial score (nSPS) is 10.7. The maximum atomic E-state index is 11.5. The number of carbonyl (C=O) groups excluding carboxylic acids is 1. The number of nitrogens with two attached hydrogens (primary N) is 1. The Balaban J connectivity index is 3.31. The molecule has 0 fully saturated rings. The van der Waals surface area contributed by atoms with Gasteiger partial charge in [-0.25, -0.2) is 0 Å². The summed E-state index contributed by atoms with van der Waals surface area (Å²) in [6.45, 7) is 3.95. The molecule has 0 spiro atoms. The van der Waals surface area contributed by atoms with Crippen molar-refractivity contribution in [2.24, 2.45) is 5.73 Å². The molecule has 1 aromatic rings. The molecule has 0 aliphatic carbocycles. The summed E-state index contributed by atoms with van der Waals surface area (Å²) >= 11 is 3.22. The van der Waals surface area contributed by atoms with Crippen LogP contribution in [0.3, 0.4) is 0 Å². The summed E-state index contributed by atoms with van der Waals surface area (Å²) in [5, 5.41) is 9.68. The van der Waals surface area contributed by atoms with Crippen LogP contribution in [-0.2, 0) is 0 Å². The lowest BCUT2D eigenvalue weighted by Crippen LogP contribution is -2.14. The van der Waals surface area contributed by atoms with Crippen molar-refractivity contribution < 1.29 is 9.90 Å². The molecule has 15 heavy (non-hydrogen) atoms. The van der Waals surface area contributed by atoms with Gasteiger partial charge in [0, 0.05) is 0 Å². The number of benzene rings is 1. The van der Waals surface area contributed by atoms with Gasteiger partial charge in [-0.15, -0.1) is 0 Å². The van der Waals surface area contributed by atoms with Crippen molar-refractivity contribution in [3.05, 3.63) is 27.7 Å². The van der Waals surface area contributed by atoms with Gasteiger partial charge in [0.2, 0.25) is 0 Å². The van der Waals surface area contributed by atoms with Crippen LogP contribution in [0, 0.1) is 0 Å². The van der Waals surface area contributed by atoms with Crippen LogP contribution in [0.5, 0.6) is 5.75 Å². The van der Waals surface area contributed by atoms with Crippen molar-refractivity contribution in [2.45, 2.75) is 19.8 Å². The Morgan fingerprint density at radius 3 is 2.60 bits per heavy atom. The highest BCUT2D eigenvalue weighted by atomic mass is 79.9. The van der Waals surface area contributed by atoms with Crippen LogP contribution in [-0.4, -0.2) is 17.4 Å². The van der Waals surface area contributed by atoms with E-state index in [0.29, 0.717) is 10.4 Å². The largest absolute Gasteiger partial charge is 0.506 e. The molecule has 0 aliphatic rings. The van der Waals surface area contributed by atoms with Crippen LogP contribution in [0.1, 0.15) is 35.7 Å². The van der Waals surface area contributed by atoms with E-state index in [9.17, 15) is 9.90 Å². The number of halogens is 1. The third-order valence-electron chi connectivity index (χ3n) is 2.24. The van der Waals surface area contributed by atoms with E-state index in [-0.39, 0.29) is 23.6 Å². The van der Waals surface area contributed by atoms with Crippen LogP contribution >= 0.6 is 15.9 Å². The van der Waals surface area contributed by atoms with E-state index < -0.39 is 0 Å². The first-order valence-electron chi connectivity index (χ1n) is 4.73. The second-order valence-corrected chi connectivity index (χ2v) is 4.54. The molecule has 0 bridgehead atoms. The molecule has 0 amide bonds. The highest BCUT2D eigenvalue weighted by Gasteiger charge is 2.15. The van der Waals surface area contributed by atoms with Gasteiger partial charge < -0.3 is 10.8 Å². The molecule has 0 aromatic heterocycles. The van der Waals surface area contributed by atoms with Crippen molar-refractivity contribution in [1.29, 1.82) is 0 Å².